The van der Waals surface area contributed by atoms with Crippen LogP contribution >= 0.6 is 15.9 Å². The van der Waals surface area contributed by atoms with Gasteiger partial charge in [-0.3, -0.25) is 0 Å². The van der Waals surface area contributed by atoms with Crippen molar-refractivity contribution in [3.05, 3.63) is 58.1 Å². The fourth-order valence-corrected chi connectivity index (χ4v) is 2.23. The first-order chi connectivity index (χ1) is 10.9. The predicted octanol–water partition coefficient (Wildman–Crippen LogP) is 4.15. The van der Waals surface area contributed by atoms with Crippen molar-refractivity contribution in [1.29, 1.82) is 0 Å². The molecular weight excluding hydrogens is 364 g/mol. The maximum atomic E-state index is 12.4. The molecule has 23 heavy (non-hydrogen) atoms. The fourth-order valence-electron chi connectivity index (χ4n) is 1.87. The highest BCUT2D eigenvalue weighted by Gasteiger charge is 2.17. The largest absolute Gasteiger partial charge is 0.490 e. The van der Waals surface area contributed by atoms with Gasteiger partial charge in [0, 0.05) is 4.47 Å². The molecule has 0 spiro atoms. The minimum atomic E-state index is -1.09. The van der Waals surface area contributed by atoms with Gasteiger partial charge in [-0.15, -0.1) is 0 Å². The Bertz CT molecular complexity index is 740. The summed E-state index contributed by atoms with van der Waals surface area (Å²) in [6.45, 7) is 3.71. The Labute approximate surface area is 142 Å². The van der Waals surface area contributed by atoms with Crippen molar-refractivity contribution in [3.63, 3.8) is 0 Å². The normalized spacial score (nSPS) is 10.4. The number of hydrogen-bond acceptors (Lipinski definition) is 4. The van der Waals surface area contributed by atoms with E-state index in [-0.39, 0.29) is 23.0 Å². The molecule has 1 N–H and O–H groups in total. The zero-order chi connectivity index (χ0) is 17.0. The molecule has 0 aliphatic rings. The first kappa shape index (κ1) is 17.0. The summed E-state index contributed by atoms with van der Waals surface area (Å²) in [5.74, 6) is -1.15. The van der Waals surface area contributed by atoms with Gasteiger partial charge in [0.1, 0.15) is 17.1 Å². The molecule has 0 amide bonds. The third-order valence-electron chi connectivity index (χ3n) is 2.82. The second-order valence-corrected chi connectivity index (χ2v) is 5.95. The van der Waals surface area contributed by atoms with Crippen LogP contribution in [0, 0.1) is 0 Å². The lowest BCUT2D eigenvalue weighted by molar-refractivity contribution is 0.0686. The summed E-state index contributed by atoms with van der Waals surface area (Å²) < 4.78 is 11.6. The van der Waals surface area contributed by atoms with Gasteiger partial charge in [0.2, 0.25) is 0 Å². The number of carbonyl (C=O) groups is 2. The minimum Gasteiger partial charge on any atom is -0.490 e. The molecular formula is C17H15BrO5. The summed E-state index contributed by atoms with van der Waals surface area (Å²) in [4.78, 5) is 23.3. The highest BCUT2D eigenvalue weighted by atomic mass is 79.9. The van der Waals surface area contributed by atoms with Gasteiger partial charge in [0.25, 0.3) is 0 Å². The Morgan fingerprint density at radius 2 is 1.87 bits per heavy atom. The molecule has 0 radical (unpaired) electrons. The Kier molecular flexibility index (Phi) is 5.39. The van der Waals surface area contributed by atoms with Gasteiger partial charge in [0.15, 0.2) is 0 Å². The van der Waals surface area contributed by atoms with Gasteiger partial charge < -0.3 is 14.6 Å². The Hall–Kier alpha value is -2.34. The molecule has 0 fully saturated rings. The monoisotopic (exact) mass is 378 g/mol. The van der Waals surface area contributed by atoms with Gasteiger partial charge in [-0.1, -0.05) is 22.0 Å². The molecule has 2 rings (SSSR count). The maximum absolute atomic E-state index is 12.4. The standard InChI is InChI=1S/C17H15BrO5/c1-10(2)22-15-7-6-12(18)9-14(15)17(21)23-13-5-3-4-11(8-13)16(19)20/h3-10H,1-2H3,(H,19,20). The second kappa shape index (κ2) is 7.28. The quantitative estimate of drug-likeness (QED) is 0.624. The second-order valence-electron chi connectivity index (χ2n) is 5.03. The first-order valence-electron chi connectivity index (χ1n) is 6.88. The molecule has 0 saturated heterocycles. The minimum absolute atomic E-state index is 0.0446. The zero-order valence-electron chi connectivity index (χ0n) is 12.6. The Morgan fingerprint density at radius 1 is 1.13 bits per heavy atom. The van der Waals surface area contributed by atoms with Gasteiger partial charge in [-0.05, 0) is 50.2 Å². The molecule has 6 heteroatoms. The molecule has 0 aromatic heterocycles. The highest BCUT2D eigenvalue weighted by Crippen LogP contribution is 2.26. The van der Waals surface area contributed by atoms with Gasteiger partial charge in [-0.25, -0.2) is 9.59 Å². The molecule has 0 aliphatic heterocycles. The van der Waals surface area contributed by atoms with E-state index in [0.29, 0.717) is 10.2 Å². The van der Waals surface area contributed by atoms with E-state index in [1.807, 2.05) is 13.8 Å². The third kappa shape index (κ3) is 4.56. The van der Waals surface area contributed by atoms with E-state index in [0.717, 1.165) is 0 Å². The molecule has 120 valence electrons. The number of carboxylic acids is 1. The Morgan fingerprint density at radius 3 is 2.52 bits per heavy atom. The van der Waals surface area contributed by atoms with Crippen molar-refractivity contribution in [1.82, 2.24) is 0 Å². The zero-order valence-corrected chi connectivity index (χ0v) is 14.2. The van der Waals surface area contributed by atoms with Crippen LogP contribution in [0.25, 0.3) is 0 Å². The topological polar surface area (TPSA) is 72.8 Å². The molecule has 0 bridgehead atoms. The lowest BCUT2D eigenvalue weighted by Gasteiger charge is -2.14. The third-order valence-corrected chi connectivity index (χ3v) is 3.31. The Balaban J connectivity index is 2.28. The smallest absolute Gasteiger partial charge is 0.347 e. The summed E-state index contributed by atoms with van der Waals surface area (Å²) in [5, 5.41) is 8.97. The molecule has 0 atom stereocenters. The van der Waals surface area contributed by atoms with Gasteiger partial charge in [0.05, 0.1) is 11.7 Å². The van der Waals surface area contributed by atoms with Crippen molar-refractivity contribution in [2.75, 3.05) is 0 Å². The van der Waals surface area contributed by atoms with Crippen molar-refractivity contribution in [2.45, 2.75) is 20.0 Å². The summed E-state index contributed by atoms with van der Waals surface area (Å²) in [5.41, 5.74) is 0.303. The fraction of sp³-hybridized carbons (Fsp3) is 0.176. The molecule has 2 aromatic rings. The summed E-state index contributed by atoms with van der Waals surface area (Å²) in [6.07, 6.45) is -0.0990. The van der Waals surface area contributed by atoms with Crippen LogP contribution in [0.4, 0.5) is 0 Å². The average molecular weight is 379 g/mol. The lowest BCUT2D eigenvalue weighted by Crippen LogP contribution is -2.14. The van der Waals surface area contributed by atoms with E-state index in [9.17, 15) is 9.59 Å². The SMILES string of the molecule is CC(C)Oc1ccc(Br)cc1C(=O)Oc1cccc(C(=O)O)c1. The molecule has 0 saturated carbocycles. The van der Waals surface area contributed by atoms with Crippen LogP contribution < -0.4 is 9.47 Å². The van der Waals surface area contributed by atoms with Crippen molar-refractivity contribution in [3.8, 4) is 11.5 Å². The number of ether oxygens (including phenoxy) is 2. The molecule has 2 aromatic carbocycles. The van der Waals surface area contributed by atoms with Crippen LogP contribution in [-0.2, 0) is 0 Å². The summed E-state index contributed by atoms with van der Waals surface area (Å²) in [7, 11) is 0. The molecule has 0 aliphatic carbocycles. The van der Waals surface area contributed by atoms with Crippen LogP contribution in [0.1, 0.15) is 34.6 Å². The molecule has 5 nitrogen and oxygen atoms in total. The van der Waals surface area contributed by atoms with Crippen molar-refractivity contribution in [2.24, 2.45) is 0 Å². The summed E-state index contributed by atoms with van der Waals surface area (Å²) in [6, 6.07) is 10.8. The van der Waals surface area contributed by atoms with Crippen LogP contribution in [0.5, 0.6) is 11.5 Å². The van der Waals surface area contributed by atoms with E-state index in [1.54, 1.807) is 18.2 Å². The average Bonchev–Trinajstić information content (AvgIpc) is 2.48. The molecule has 0 unspecified atom stereocenters. The highest BCUT2D eigenvalue weighted by molar-refractivity contribution is 9.10. The van der Waals surface area contributed by atoms with Crippen LogP contribution in [0.3, 0.4) is 0 Å². The van der Waals surface area contributed by atoms with E-state index in [2.05, 4.69) is 15.9 Å². The lowest BCUT2D eigenvalue weighted by atomic mass is 10.2. The first-order valence-corrected chi connectivity index (χ1v) is 7.68. The number of carbonyl (C=O) groups excluding carboxylic acids is 1. The number of benzene rings is 2. The van der Waals surface area contributed by atoms with Crippen LogP contribution in [-0.4, -0.2) is 23.1 Å². The number of halogens is 1. The van der Waals surface area contributed by atoms with Crippen LogP contribution in [0.15, 0.2) is 46.9 Å². The maximum Gasteiger partial charge on any atom is 0.347 e. The van der Waals surface area contributed by atoms with Gasteiger partial charge >= 0.3 is 11.9 Å². The number of hydrogen-bond donors (Lipinski definition) is 1. The van der Waals surface area contributed by atoms with E-state index < -0.39 is 11.9 Å². The van der Waals surface area contributed by atoms with Crippen LogP contribution in [0.2, 0.25) is 0 Å². The number of aromatic carboxylic acids is 1. The predicted molar refractivity (Wildman–Crippen MR) is 88.3 cm³/mol. The van der Waals surface area contributed by atoms with E-state index >= 15 is 0 Å². The van der Waals surface area contributed by atoms with Gasteiger partial charge in [-0.2, -0.15) is 0 Å². The van der Waals surface area contributed by atoms with Crippen molar-refractivity contribution < 1.29 is 24.2 Å². The summed E-state index contributed by atoms with van der Waals surface area (Å²) >= 11 is 3.31. The molecule has 0 heterocycles. The number of esters is 1. The van der Waals surface area contributed by atoms with E-state index in [1.165, 1.54) is 24.3 Å². The number of rotatable bonds is 5. The van der Waals surface area contributed by atoms with Crippen molar-refractivity contribution >= 4 is 27.9 Å². The van der Waals surface area contributed by atoms with E-state index in [4.69, 9.17) is 14.6 Å². The number of carboxylic acid groups (broad SMARTS) is 1.